The third-order valence-corrected chi connectivity index (χ3v) is 2.50. The first-order valence-corrected chi connectivity index (χ1v) is 5.37. The Labute approximate surface area is 100.0 Å². The lowest BCUT2D eigenvalue weighted by molar-refractivity contribution is -0.131. The Morgan fingerprint density at radius 1 is 1.59 bits per heavy atom. The highest BCUT2D eigenvalue weighted by molar-refractivity contribution is 5.81. The van der Waals surface area contributed by atoms with Crippen molar-refractivity contribution in [3.8, 4) is 0 Å². The van der Waals surface area contributed by atoms with Crippen LogP contribution in [0.15, 0.2) is 24.3 Å². The zero-order chi connectivity index (χ0) is 12.8. The molecule has 0 bridgehead atoms. The number of benzene rings is 1. The van der Waals surface area contributed by atoms with Gasteiger partial charge in [0.05, 0.1) is 6.04 Å². The lowest BCUT2D eigenvalue weighted by Gasteiger charge is -2.18. The van der Waals surface area contributed by atoms with E-state index in [2.05, 4.69) is 5.32 Å². The molecule has 0 saturated heterocycles. The number of rotatable bonds is 5. The van der Waals surface area contributed by atoms with Crippen molar-refractivity contribution >= 4 is 5.91 Å². The number of nitrogens with one attached hydrogen (secondary N) is 1. The molecule has 17 heavy (non-hydrogen) atoms. The predicted molar refractivity (Wildman–Crippen MR) is 62.8 cm³/mol. The molecule has 3 N–H and O–H groups in total. The smallest absolute Gasteiger partial charge is 0.250 e. The van der Waals surface area contributed by atoms with E-state index in [0.29, 0.717) is 5.56 Å². The lowest BCUT2D eigenvalue weighted by atomic mass is 10.1. The van der Waals surface area contributed by atoms with Gasteiger partial charge in [-0.25, -0.2) is 4.39 Å². The van der Waals surface area contributed by atoms with Gasteiger partial charge in [0.1, 0.15) is 11.9 Å². The van der Waals surface area contributed by atoms with Crippen molar-refractivity contribution in [3.63, 3.8) is 0 Å². The van der Waals surface area contributed by atoms with Crippen molar-refractivity contribution in [3.05, 3.63) is 35.6 Å². The molecule has 0 aliphatic carbocycles. The van der Waals surface area contributed by atoms with Crippen LogP contribution >= 0.6 is 0 Å². The van der Waals surface area contributed by atoms with Gasteiger partial charge in [-0.05, 0) is 24.6 Å². The minimum absolute atomic E-state index is 0.109. The fourth-order valence-electron chi connectivity index (χ4n) is 1.48. The number of hydrogen-bond acceptors (Lipinski definition) is 3. The third-order valence-electron chi connectivity index (χ3n) is 2.50. The Morgan fingerprint density at radius 3 is 2.82 bits per heavy atom. The minimum atomic E-state index is -0.675. The largest absolute Gasteiger partial charge is 0.370 e. The van der Waals surface area contributed by atoms with E-state index in [0.717, 1.165) is 0 Å². The zero-order valence-electron chi connectivity index (χ0n) is 9.94. The number of halogens is 1. The number of carbonyl (C=O) groups is 1. The van der Waals surface area contributed by atoms with Gasteiger partial charge in [0.2, 0.25) is 0 Å². The maximum absolute atomic E-state index is 13.0. The van der Waals surface area contributed by atoms with E-state index in [1.165, 1.54) is 19.2 Å². The van der Waals surface area contributed by atoms with Crippen LogP contribution in [0.4, 0.5) is 4.39 Å². The van der Waals surface area contributed by atoms with Gasteiger partial charge in [0.25, 0.3) is 5.91 Å². The highest BCUT2D eigenvalue weighted by Gasteiger charge is 2.18. The first-order chi connectivity index (χ1) is 8.08. The van der Waals surface area contributed by atoms with Gasteiger partial charge in [0, 0.05) is 13.7 Å². The van der Waals surface area contributed by atoms with Crippen LogP contribution in [0.25, 0.3) is 0 Å². The van der Waals surface area contributed by atoms with E-state index >= 15 is 0 Å². The molecule has 2 atom stereocenters. The van der Waals surface area contributed by atoms with Crippen LogP contribution in [0.5, 0.6) is 0 Å². The van der Waals surface area contributed by atoms with Crippen LogP contribution in [-0.4, -0.2) is 25.7 Å². The highest BCUT2D eigenvalue weighted by atomic mass is 19.1. The normalized spacial score (nSPS) is 14.1. The second-order valence-corrected chi connectivity index (χ2v) is 3.75. The van der Waals surface area contributed by atoms with Crippen molar-refractivity contribution in [1.82, 2.24) is 5.32 Å². The van der Waals surface area contributed by atoms with Crippen molar-refractivity contribution < 1.29 is 13.9 Å². The summed E-state index contributed by atoms with van der Waals surface area (Å²) in [6, 6.07) is 5.80. The third kappa shape index (κ3) is 3.80. The molecule has 0 aliphatic rings. The van der Waals surface area contributed by atoms with Crippen molar-refractivity contribution in [2.75, 3.05) is 13.7 Å². The summed E-state index contributed by atoms with van der Waals surface area (Å²) in [6.45, 7) is 1.88. The summed E-state index contributed by atoms with van der Waals surface area (Å²) >= 11 is 0. The molecule has 0 spiro atoms. The van der Waals surface area contributed by atoms with Crippen molar-refractivity contribution in [2.24, 2.45) is 5.73 Å². The molecular weight excluding hydrogens is 223 g/mol. The van der Waals surface area contributed by atoms with Gasteiger partial charge in [-0.2, -0.15) is 0 Å². The minimum Gasteiger partial charge on any atom is -0.370 e. The van der Waals surface area contributed by atoms with E-state index < -0.39 is 6.10 Å². The molecule has 4 nitrogen and oxygen atoms in total. The van der Waals surface area contributed by atoms with E-state index in [1.54, 1.807) is 19.1 Å². The Hall–Kier alpha value is -1.46. The van der Waals surface area contributed by atoms with Gasteiger partial charge in [-0.1, -0.05) is 12.1 Å². The maximum Gasteiger partial charge on any atom is 0.250 e. The van der Waals surface area contributed by atoms with Crippen molar-refractivity contribution in [1.29, 1.82) is 0 Å². The lowest BCUT2D eigenvalue weighted by Crippen LogP contribution is -2.41. The maximum atomic E-state index is 13.0. The van der Waals surface area contributed by atoms with E-state index in [4.69, 9.17) is 10.5 Å². The van der Waals surface area contributed by atoms with E-state index in [1.807, 2.05) is 0 Å². The molecule has 1 rings (SSSR count). The molecular formula is C12H17FN2O2. The average molecular weight is 240 g/mol. The monoisotopic (exact) mass is 240 g/mol. The summed E-state index contributed by atoms with van der Waals surface area (Å²) in [7, 11) is 1.42. The quantitative estimate of drug-likeness (QED) is 0.806. The van der Waals surface area contributed by atoms with Crippen molar-refractivity contribution in [2.45, 2.75) is 19.1 Å². The second kappa shape index (κ2) is 6.32. The van der Waals surface area contributed by atoms with Gasteiger partial charge < -0.3 is 15.8 Å². The first kappa shape index (κ1) is 13.6. The van der Waals surface area contributed by atoms with E-state index in [9.17, 15) is 9.18 Å². The predicted octanol–water partition coefficient (Wildman–Crippen LogP) is 0.977. The molecule has 0 saturated carbocycles. The van der Waals surface area contributed by atoms with Gasteiger partial charge in [-0.15, -0.1) is 0 Å². The summed E-state index contributed by atoms with van der Waals surface area (Å²) in [5.74, 6) is -0.627. The molecule has 1 aromatic carbocycles. The Kier molecular flexibility index (Phi) is 5.06. The summed E-state index contributed by atoms with van der Waals surface area (Å²) in [6.07, 6.45) is -0.675. The molecule has 0 aromatic heterocycles. The summed E-state index contributed by atoms with van der Waals surface area (Å²) in [5, 5.41) is 2.71. The molecule has 5 heteroatoms. The Bertz CT molecular complexity index is 381. The molecule has 0 radical (unpaired) electrons. The fourth-order valence-corrected chi connectivity index (χ4v) is 1.48. The number of methoxy groups -OCH3 is 1. The summed E-state index contributed by atoms with van der Waals surface area (Å²) < 4.78 is 17.9. The summed E-state index contributed by atoms with van der Waals surface area (Å²) in [5.41, 5.74) is 6.08. The molecule has 1 amide bonds. The van der Waals surface area contributed by atoms with E-state index in [-0.39, 0.29) is 24.3 Å². The zero-order valence-corrected chi connectivity index (χ0v) is 9.94. The number of nitrogens with two attached hydrogens (primary N) is 1. The van der Waals surface area contributed by atoms with Crippen LogP contribution in [-0.2, 0) is 9.53 Å². The number of ether oxygens (including phenoxy) is 1. The van der Waals surface area contributed by atoms with Crippen LogP contribution < -0.4 is 11.1 Å². The van der Waals surface area contributed by atoms with Gasteiger partial charge >= 0.3 is 0 Å². The number of amides is 1. The van der Waals surface area contributed by atoms with Crippen LogP contribution in [0, 0.1) is 5.82 Å². The average Bonchev–Trinajstić information content (AvgIpc) is 2.30. The molecule has 94 valence electrons. The summed E-state index contributed by atoms with van der Waals surface area (Å²) in [4.78, 5) is 11.7. The molecule has 2 unspecified atom stereocenters. The molecule has 1 aromatic rings. The number of hydrogen-bond donors (Lipinski definition) is 2. The molecule has 0 fully saturated rings. The number of carbonyl (C=O) groups excluding carboxylic acids is 1. The second-order valence-electron chi connectivity index (χ2n) is 3.75. The first-order valence-electron chi connectivity index (χ1n) is 5.37. The fraction of sp³-hybridized carbons (Fsp3) is 0.417. The van der Waals surface area contributed by atoms with Gasteiger partial charge in [0.15, 0.2) is 0 Å². The topological polar surface area (TPSA) is 64.3 Å². The Morgan fingerprint density at radius 2 is 2.29 bits per heavy atom. The van der Waals surface area contributed by atoms with Crippen LogP contribution in [0.1, 0.15) is 18.5 Å². The standard InChI is InChI=1S/C12H17FN2O2/c1-8(9-4-3-5-10(13)6-9)15-12(16)11(7-14)17-2/h3-6,8,11H,7,14H2,1-2H3,(H,15,16). The highest BCUT2D eigenvalue weighted by Crippen LogP contribution is 2.13. The Balaban J connectivity index is 2.66. The van der Waals surface area contributed by atoms with Crippen LogP contribution in [0.2, 0.25) is 0 Å². The molecule has 0 heterocycles. The SMILES string of the molecule is COC(CN)C(=O)NC(C)c1cccc(F)c1. The molecule has 0 aliphatic heterocycles. The van der Waals surface area contributed by atoms with Crippen LogP contribution in [0.3, 0.4) is 0 Å². The van der Waals surface area contributed by atoms with Gasteiger partial charge in [-0.3, -0.25) is 4.79 Å².